The largest absolute Gasteiger partial charge is 0.372 e. The van der Waals surface area contributed by atoms with Gasteiger partial charge < -0.3 is 4.90 Å². The first-order chi connectivity index (χ1) is 12.3. The van der Waals surface area contributed by atoms with E-state index in [1.165, 1.54) is 89.2 Å². The van der Waals surface area contributed by atoms with Crippen LogP contribution in [-0.2, 0) is 6.42 Å². The van der Waals surface area contributed by atoms with Gasteiger partial charge in [0.15, 0.2) is 0 Å². The molecule has 0 spiro atoms. The first-order valence-electron chi connectivity index (χ1n) is 11.2. The van der Waals surface area contributed by atoms with E-state index in [9.17, 15) is 0 Å². The third kappa shape index (κ3) is 11.3. The molecule has 0 atom stereocenters. The zero-order chi connectivity index (χ0) is 18.2. The Kier molecular flexibility index (Phi) is 17.5. The summed E-state index contributed by atoms with van der Waals surface area (Å²) in [6.07, 6.45) is 18.4. The number of unbranched alkanes of at least 4 members (excludes halogenated alkanes) is 11. The van der Waals surface area contributed by atoms with Crippen molar-refractivity contribution in [2.24, 2.45) is 0 Å². The summed E-state index contributed by atoms with van der Waals surface area (Å²) >= 11 is 0. The summed E-state index contributed by atoms with van der Waals surface area (Å²) in [5, 5.41) is 0. The van der Waals surface area contributed by atoms with Crippen LogP contribution in [0.25, 0.3) is 0 Å². The van der Waals surface area contributed by atoms with E-state index in [0.29, 0.717) is 0 Å². The minimum Gasteiger partial charge on any atom is -0.372 e. The molecule has 0 unspecified atom stereocenters. The zero-order valence-electron chi connectivity index (χ0n) is 17.8. The van der Waals surface area contributed by atoms with Crippen molar-refractivity contribution in [1.29, 1.82) is 0 Å². The van der Waals surface area contributed by atoms with E-state index in [4.69, 9.17) is 0 Å². The molecule has 0 aromatic heterocycles. The lowest BCUT2D eigenvalue weighted by Crippen LogP contribution is -2.23. The van der Waals surface area contributed by atoms with Crippen LogP contribution in [0.4, 0.5) is 5.69 Å². The highest BCUT2D eigenvalue weighted by atomic mass is 79.9. The van der Waals surface area contributed by atoms with E-state index in [1.54, 1.807) is 5.56 Å². The van der Waals surface area contributed by atoms with E-state index >= 15 is 0 Å². The molecule has 0 fully saturated rings. The molecule has 0 N–H and O–H groups in total. The molecule has 152 valence electrons. The monoisotopic (exact) mass is 425 g/mol. The SMILES string of the molecule is Br.CCCCCCCCCCCCCCc1ccccc1N(CC)CC. The van der Waals surface area contributed by atoms with E-state index in [0.717, 1.165) is 13.1 Å². The molecule has 2 heteroatoms. The van der Waals surface area contributed by atoms with Gasteiger partial charge >= 0.3 is 0 Å². The molecule has 1 aromatic carbocycles. The van der Waals surface area contributed by atoms with Crippen molar-refractivity contribution in [3.63, 3.8) is 0 Å². The Morgan fingerprint density at radius 1 is 0.615 bits per heavy atom. The summed E-state index contributed by atoms with van der Waals surface area (Å²) in [6, 6.07) is 9.00. The smallest absolute Gasteiger partial charge is 0.0398 e. The molecule has 1 nitrogen and oxygen atoms in total. The molecule has 26 heavy (non-hydrogen) atoms. The number of aryl methyl sites for hydroxylation is 1. The van der Waals surface area contributed by atoms with Crippen LogP contribution in [-0.4, -0.2) is 13.1 Å². The van der Waals surface area contributed by atoms with E-state index < -0.39 is 0 Å². The maximum atomic E-state index is 2.48. The maximum absolute atomic E-state index is 2.48. The molecule has 0 aliphatic heterocycles. The lowest BCUT2D eigenvalue weighted by Gasteiger charge is -2.24. The molecule has 0 amide bonds. The highest BCUT2D eigenvalue weighted by molar-refractivity contribution is 8.93. The molecule has 0 bridgehead atoms. The average Bonchev–Trinajstić information content (AvgIpc) is 2.64. The number of anilines is 1. The Hall–Kier alpha value is -0.500. The van der Waals surface area contributed by atoms with Gasteiger partial charge in [-0.1, -0.05) is 95.8 Å². The molecule has 0 saturated heterocycles. The van der Waals surface area contributed by atoms with Crippen LogP contribution in [0, 0.1) is 0 Å². The quantitative estimate of drug-likeness (QED) is 0.240. The molecule has 0 saturated carbocycles. The number of benzene rings is 1. The molecule has 1 rings (SSSR count). The summed E-state index contributed by atoms with van der Waals surface area (Å²) < 4.78 is 0. The summed E-state index contributed by atoms with van der Waals surface area (Å²) in [5.74, 6) is 0. The molecule has 0 radical (unpaired) electrons. The second-order valence-corrected chi connectivity index (χ2v) is 7.44. The van der Waals surface area contributed by atoms with Crippen LogP contribution in [0.3, 0.4) is 0 Å². The number of para-hydroxylation sites is 1. The van der Waals surface area contributed by atoms with Crippen molar-refractivity contribution < 1.29 is 0 Å². The van der Waals surface area contributed by atoms with Gasteiger partial charge in [-0.05, 0) is 38.3 Å². The molecule has 1 aromatic rings. The van der Waals surface area contributed by atoms with Gasteiger partial charge in [0.25, 0.3) is 0 Å². The summed E-state index contributed by atoms with van der Waals surface area (Å²) in [5.41, 5.74) is 2.99. The van der Waals surface area contributed by atoms with E-state index in [1.807, 2.05) is 0 Å². The Labute approximate surface area is 174 Å². The fourth-order valence-electron chi connectivity index (χ4n) is 3.75. The predicted molar refractivity (Wildman–Crippen MR) is 125 cm³/mol. The topological polar surface area (TPSA) is 3.24 Å². The lowest BCUT2D eigenvalue weighted by molar-refractivity contribution is 0.544. The van der Waals surface area contributed by atoms with E-state index in [-0.39, 0.29) is 17.0 Å². The third-order valence-electron chi connectivity index (χ3n) is 5.40. The second-order valence-electron chi connectivity index (χ2n) is 7.44. The second kappa shape index (κ2) is 17.9. The van der Waals surface area contributed by atoms with E-state index in [2.05, 4.69) is 49.9 Å². The molecule has 0 aliphatic rings. The van der Waals surface area contributed by atoms with Gasteiger partial charge in [-0.15, -0.1) is 17.0 Å². The highest BCUT2D eigenvalue weighted by Gasteiger charge is 2.07. The zero-order valence-corrected chi connectivity index (χ0v) is 19.5. The minimum absolute atomic E-state index is 0. The maximum Gasteiger partial charge on any atom is 0.0398 e. The van der Waals surface area contributed by atoms with Gasteiger partial charge in [-0.25, -0.2) is 0 Å². The van der Waals surface area contributed by atoms with Gasteiger partial charge in [0.1, 0.15) is 0 Å². The Balaban J connectivity index is 0.00000625. The van der Waals surface area contributed by atoms with Crippen molar-refractivity contribution in [3.05, 3.63) is 29.8 Å². The average molecular weight is 427 g/mol. The first kappa shape index (κ1) is 25.5. The number of hydrogen-bond acceptors (Lipinski definition) is 1. The van der Waals surface area contributed by atoms with Crippen LogP contribution in [0.1, 0.15) is 103 Å². The van der Waals surface area contributed by atoms with Crippen molar-refractivity contribution >= 4 is 22.7 Å². The van der Waals surface area contributed by atoms with Crippen molar-refractivity contribution in [2.75, 3.05) is 18.0 Å². The number of rotatable bonds is 16. The fraction of sp³-hybridized carbons (Fsp3) is 0.750. The Morgan fingerprint density at radius 2 is 1.08 bits per heavy atom. The van der Waals surface area contributed by atoms with Gasteiger partial charge in [-0.2, -0.15) is 0 Å². The van der Waals surface area contributed by atoms with Crippen LogP contribution in [0.5, 0.6) is 0 Å². The third-order valence-corrected chi connectivity index (χ3v) is 5.40. The normalized spacial score (nSPS) is 10.6. The van der Waals surface area contributed by atoms with Crippen LogP contribution in [0.15, 0.2) is 24.3 Å². The van der Waals surface area contributed by atoms with Gasteiger partial charge in [0, 0.05) is 18.8 Å². The van der Waals surface area contributed by atoms with Crippen molar-refractivity contribution in [3.8, 4) is 0 Å². The number of hydrogen-bond donors (Lipinski definition) is 0. The van der Waals surface area contributed by atoms with Crippen LogP contribution < -0.4 is 4.90 Å². The van der Waals surface area contributed by atoms with Gasteiger partial charge in [0.2, 0.25) is 0 Å². The molecular formula is C24H44BrN. The summed E-state index contributed by atoms with van der Waals surface area (Å²) in [7, 11) is 0. The van der Waals surface area contributed by atoms with Gasteiger partial charge in [0.05, 0.1) is 0 Å². The van der Waals surface area contributed by atoms with Crippen molar-refractivity contribution in [1.82, 2.24) is 0 Å². The van der Waals surface area contributed by atoms with Gasteiger partial charge in [-0.3, -0.25) is 0 Å². The number of nitrogens with zero attached hydrogens (tertiary/aromatic N) is 1. The summed E-state index contributed by atoms with van der Waals surface area (Å²) in [4.78, 5) is 2.48. The standard InChI is InChI=1S/C24H43N.BrH/c1-4-7-8-9-10-11-12-13-14-15-16-17-20-23-21-18-19-22-24(23)25(5-2)6-3;/h18-19,21-22H,4-17,20H2,1-3H3;1H. The lowest BCUT2D eigenvalue weighted by atomic mass is 10.0. The number of halogens is 1. The summed E-state index contributed by atoms with van der Waals surface area (Å²) in [6.45, 7) is 9.01. The highest BCUT2D eigenvalue weighted by Crippen LogP contribution is 2.22. The fourth-order valence-corrected chi connectivity index (χ4v) is 3.75. The Bertz CT molecular complexity index is 414. The minimum atomic E-state index is 0. The molecule has 0 aliphatic carbocycles. The molecular weight excluding hydrogens is 382 g/mol. The Morgan fingerprint density at radius 3 is 1.58 bits per heavy atom. The van der Waals surface area contributed by atoms with Crippen LogP contribution >= 0.6 is 17.0 Å². The van der Waals surface area contributed by atoms with Crippen LogP contribution in [0.2, 0.25) is 0 Å². The first-order valence-corrected chi connectivity index (χ1v) is 11.2. The van der Waals surface area contributed by atoms with Crippen molar-refractivity contribution in [2.45, 2.75) is 104 Å². The molecule has 0 heterocycles. The predicted octanol–water partition coefficient (Wildman–Crippen LogP) is 8.35.